The SMILES string of the molecule is S=C1N[C@@H](c2ccccn2)[C@H](c2cc(Br)cs2)N1CCN1CCOCC1. The maximum absolute atomic E-state index is 5.70. The van der Waals surface area contributed by atoms with Crippen LogP contribution in [0, 0.1) is 0 Å². The zero-order valence-electron chi connectivity index (χ0n) is 14.3. The van der Waals surface area contributed by atoms with Crippen LogP contribution < -0.4 is 5.32 Å². The third-order valence-corrected chi connectivity index (χ3v) is 6.95. The highest BCUT2D eigenvalue weighted by atomic mass is 79.9. The fraction of sp³-hybridized carbons (Fsp3) is 0.444. The topological polar surface area (TPSA) is 40.6 Å². The van der Waals surface area contributed by atoms with E-state index in [-0.39, 0.29) is 12.1 Å². The second-order valence-corrected chi connectivity index (χ2v) is 8.69. The highest BCUT2D eigenvalue weighted by Gasteiger charge is 2.40. The van der Waals surface area contributed by atoms with E-state index in [1.54, 1.807) is 11.3 Å². The summed E-state index contributed by atoms with van der Waals surface area (Å²) in [6, 6.07) is 8.48. The van der Waals surface area contributed by atoms with Gasteiger partial charge in [-0.15, -0.1) is 11.3 Å². The number of nitrogens with one attached hydrogen (secondary N) is 1. The molecule has 0 radical (unpaired) electrons. The molecule has 2 saturated heterocycles. The van der Waals surface area contributed by atoms with Gasteiger partial charge >= 0.3 is 0 Å². The first-order valence-corrected chi connectivity index (χ1v) is 10.8. The molecule has 2 aliphatic rings. The van der Waals surface area contributed by atoms with Crippen molar-refractivity contribution in [3.63, 3.8) is 0 Å². The van der Waals surface area contributed by atoms with Crippen LogP contribution in [-0.2, 0) is 4.74 Å². The van der Waals surface area contributed by atoms with Crippen LogP contribution in [0.3, 0.4) is 0 Å². The third kappa shape index (κ3) is 3.94. The van der Waals surface area contributed by atoms with Gasteiger partial charge in [0.05, 0.1) is 31.0 Å². The van der Waals surface area contributed by atoms with Crippen molar-refractivity contribution in [2.75, 3.05) is 39.4 Å². The van der Waals surface area contributed by atoms with E-state index < -0.39 is 0 Å². The summed E-state index contributed by atoms with van der Waals surface area (Å²) in [6.07, 6.45) is 1.85. The molecule has 0 aliphatic carbocycles. The average Bonchev–Trinajstić information content (AvgIpc) is 3.24. The van der Waals surface area contributed by atoms with Gasteiger partial charge in [0.15, 0.2) is 5.11 Å². The summed E-state index contributed by atoms with van der Waals surface area (Å²) in [5.41, 5.74) is 1.03. The maximum Gasteiger partial charge on any atom is 0.170 e. The normalized spacial score (nSPS) is 24.0. The van der Waals surface area contributed by atoms with Crippen LogP contribution in [0.5, 0.6) is 0 Å². The summed E-state index contributed by atoms with van der Waals surface area (Å²) in [7, 11) is 0. The molecule has 8 heteroatoms. The van der Waals surface area contributed by atoms with Crippen molar-refractivity contribution in [3.05, 3.63) is 50.9 Å². The van der Waals surface area contributed by atoms with Gasteiger partial charge in [0.1, 0.15) is 0 Å². The Kier molecular flexibility index (Phi) is 5.85. The van der Waals surface area contributed by atoms with E-state index >= 15 is 0 Å². The van der Waals surface area contributed by atoms with E-state index in [4.69, 9.17) is 17.0 Å². The number of thiocarbonyl (C=S) groups is 1. The fourth-order valence-electron chi connectivity index (χ4n) is 3.51. The smallest absolute Gasteiger partial charge is 0.170 e. The van der Waals surface area contributed by atoms with Crippen molar-refractivity contribution >= 4 is 44.6 Å². The molecule has 0 bridgehead atoms. The lowest BCUT2D eigenvalue weighted by Crippen LogP contribution is -2.42. The van der Waals surface area contributed by atoms with Gasteiger partial charge in [-0.25, -0.2) is 0 Å². The van der Waals surface area contributed by atoms with Gasteiger partial charge < -0.3 is 15.0 Å². The molecule has 5 nitrogen and oxygen atoms in total. The van der Waals surface area contributed by atoms with E-state index in [2.05, 4.69) is 53.5 Å². The first-order valence-electron chi connectivity index (χ1n) is 8.74. The minimum atomic E-state index is 0.0685. The number of ether oxygens (including phenoxy) is 1. The third-order valence-electron chi connectivity index (χ3n) is 4.84. The maximum atomic E-state index is 5.70. The quantitative estimate of drug-likeness (QED) is 0.702. The molecule has 2 aromatic rings. The minimum Gasteiger partial charge on any atom is -0.379 e. The Bertz CT molecular complexity index is 751. The van der Waals surface area contributed by atoms with Crippen LogP contribution in [0.1, 0.15) is 22.7 Å². The lowest BCUT2D eigenvalue weighted by atomic mass is 10.0. The number of morpholine rings is 1. The van der Waals surface area contributed by atoms with Crippen LogP contribution >= 0.6 is 39.5 Å². The van der Waals surface area contributed by atoms with Crippen molar-refractivity contribution in [1.82, 2.24) is 20.1 Å². The zero-order valence-corrected chi connectivity index (χ0v) is 17.5. The van der Waals surface area contributed by atoms with Gasteiger partial charge in [-0.3, -0.25) is 9.88 Å². The molecule has 0 unspecified atom stereocenters. The molecule has 0 aromatic carbocycles. The predicted octanol–water partition coefficient (Wildman–Crippen LogP) is 3.21. The number of nitrogens with zero attached hydrogens (tertiary/aromatic N) is 3. The van der Waals surface area contributed by atoms with E-state index in [9.17, 15) is 0 Å². The molecule has 2 aliphatic heterocycles. The summed E-state index contributed by atoms with van der Waals surface area (Å²) in [4.78, 5) is 10.6. The molecule has 138 valence electrons. The second-order valence-electron chi connectivity index (χ2n) is 6.44. The number of aromatic nitrogens is 1. The van der Waals surface area contributed by atoms with Crippen LogP contribution in [0.25, 0.3) is 0 Å². The largest absolute Gasteiger partial charge is 0.379 e. The molecular formula is C18H21BrN4OS2. The van der Waals surface area contributed by atoms with Gasteiger partial charge in [-0.1, -0.05) is 6.07 Å². The average molecular weight is 453 g/mol. The van der Waals surface area contributed by atoms with Crippen molar-refractivity contribution < 1.29 is 4.74 Å². The molecule has 26 heavy (non-hydrogen) atoms. The fourth-order valence-corrected chi connectivity index (χ4v) is 5.44. The molecule has 1 N–H and O–H groups in total. The van der Waals surface area contributed by atoms with Crippen LogP contribution in [0.4, 0.5) is 0 Å². The highest BCUT2D eigenvalue weighted by Crippen LogP contribution is 2.41. The molecule has 2 atom stereocenters. The first-order chi connectivity index (χ1) is 12.7. The minimum absolute atomic E-state index is 0.0685. The molecule has 4 heterocycles. The highest BCUT2D eigenvalue weighted by molar-refractivity contribution is 9.10. The number of halogens is 1. The number of hydrogen-bond acceptors (Lipinski definition) is 5. The first kappa shape index (κ1) is 18.3. The summed E-state index contributed by atoms with van der Waals surface area (Å²) in [5.74, 6) is 0. The van der Waals surface area contributed by atoms with Crippen molar-refractivity contribution in [1.29, 1.82) is 0 Å². The summed E-state index contributed by atoms with van der Waals surface area (Å²) < 4.78 is 6.57. The zero-order chi connectivity index (χ0) is 17.9. The standard InChI is InChI=1S/C18H21BrN4OS2/c19-13-11-15(26-12-13)17-16(14-3-1-2-4-20-14)21-18(25)23(17)6-5-22-7-9-24-10-8-22/h1-4,11-12,16-17H,5-10H2,(H,21,25)/t16-,17-/m0/s1. The monoisotopic (exact) mass is 452 g/mol. The van der Waals surface area contributed by atoms with E-state index in [0.29, 0.717) is 0 Å². The number of thiophene rings is 1. The molecule has 4 rings (SSSR count). The Labute approximate surface area is 171 Å². The Balaban J connectivity index is 1.57. The summed E-state index contributed by atoms with van der Waals surface area (Å²) in [5, 5.41) is 6.45. The van der Waals surface area contributed by atoms with Gasteiger partial charge in [-0.05, 0) is 46.3 Å². The van der Waals surface area contributed by atoms with Crippen molar-refractivity contribution in [2.45, 2.75) is 12.1 Å². The molecule has 2 aromatic heterocycles. The Morgan fingerprint density at radius 3 is 2.85 bits per heavy atom. The van der Waals surface area contributed by atoms with Gasteiger partial charge in [0, 0.05) is 47.1 Å². The Hall–Kier alpha value is -1.06. The summed E-state index contributed by atoms with van der Waals surface area (Å²) >= 11 is 11.1. The molecule has 2 fully saturated rings. The lowest BCUT2D eigenvalue weighted by Gasteiger charge is -2.31. The molecule has 0 saturated carbocycles. The Morgan fingerprint density at radius 1 is 1.31 bits per heavy atom. The number of rotatable bonds is 5. The van der Waals surface area contributed by atoms with E-state index in [1.807, 2.05) is 18.3 Å². The number of pyridine rings is 1. The van der Waals surface area contributed by atoms with Gasteiger partial charge in [0.25, 0.3) is 0 Å². The Morgan fingerprint density at radius 2 is 2.15 bits per heavy atom. The summed E-state index contributed by atoms with van der Waals surface area (Å²) in [6.45, 7) is 5.51. The van der Waals surface area contributed by atoms with Crippen molar-refractivity contribution in [2.24, 2.45) is 0 Å². The number of hydrogen-bond donors (Lipinski definition) is 1. The predicted molar refractivity (Wildman–Crippen MR) is 111 cm³/mol. The van der Waals surface area contributed by atoms with Crippen molar-refractivity contribution in [3.8, 4) is 0 Å². The van der Waals surface area contributed by atoms with Crippen LogP contribution in [0.2, 0.25) is 0 Å². The van der Waals surface area contributed by atoms with Gasteiger partial charge in [-0.2, -0.15) is 0 Å². The second kappa shape index (κ2) is 8.31. The van der Waals surface area contributed by atoms with E-state index in [0.717, 1.165) is 54.7 Å². The van der Waals surface area contributed by atoms with Crippen LogP contribution in [0.15, 0.2) is 40.3 Å². The molecular weight excluding hydrogens is 432 g/mol. The lowest BCUT2D eigenvalue weighted by molar-refractivity contribution is 0.0350. The molecule has 0 spiro atoms. The van der Waals surface area contributed by atoms with Gasteiger partial charge in [0.2, 0.25) is 0 Å². The van der Waals surface area contributed by atoms with E-state index in [1.165, 1.54) is 4.88 Å². The van der Waals surface area contributed by atoms with Crippen LogP contribution in [-0.4, -0.2) is 59.3 Å². The molecule has 0 amide bonds.